The topological polar surface area (TPSA) is 75.9 Å². The number of nitrogens with one attached hydrogen (secondary N) is 1. The van der Waals surface area contributed by atoms with Gasteiger partial charge in [-0.05, 0) is 35.7 Å². The van der Waals surface area contributed by atoms with Crippen LogP contribution in [0, 0.1) is 11.7 Å². The van der Waals surface area contributed by atoms with E-state index in [1.54, 1.807) is 41.1 Å². The summed E-state index contributed by atoms with van der Waals surface area (Å²) in [4.78, 5) is 16.2. The second kappa shape index (κ2) is 7.65. The Morgan fingerprint density at radius 2 is 2.14 bits per heavy atom. The quantitative estimate of drug-likeness (QED) is 0.611. The summed E-state index contributed by atoms with van der Waals surface area (Å²) in [7, 11) is 0. The Hall–Kier alpha value is -2.84. The number of ether oxygens (including phenoxy) is 1. The molecule has 2 heterocycles. The monoisotopic (exact) mass is 387 g/mol. The highest BCUT2D eigenvalue weighted by atomic mass is 19.1. The lowest BCUT2D eigenvalue weighted by Crippen LogP contribution is -2.15. The van der Waals surface area contributed by atoms with E-state index in [4.69, 9.17) is 9.84 Å². The van der Waals surface area contributed by atoms with Crippen molar-refractivity contribution in [2.75, 3.05) is 18.5 Å². The van der Waals surface area contributed by atoms with Crippen LogP contribution in [0.4, 0.5) is 14.6 Å². The molecule has 6 nitrogen and oxygen atoms in total. The molecule has 1 saturated carbocycles. The number of aliphatic hydroxyl groups excluding tert-OH is 1. The molecule has 4 rings (SSSR count). The SMILES string of the molecule is O=C(Nc1cn2cc(-c3cccc(F)c3COCCO)ccc2n1)[C@@H]1C[C@@H]1F. The first-order valence-electron chi connectivity index (χ1n) is 8.97. The van der Waals surface area contributed by atoms with Crippen molar-refractivity contribution in [1.82, 2.24) is 9.38 Å². The number of alkyl halides is 1. The van der Waals surface area contributed by atoms with Crippen LogP contribution in [0.25, 0.3) is 16.8 Å². The molecule has 146 valence electrons. The summed E-state index contributed by atoms with van der Waals surface area (Å²) in [5.41, 5.74) is 2.40. The van der Waals surface area contributed by atoms with Gasteiger partial charge >= 0.3 is 0 Å². The number of amides is 1. The van der Waals surface area contributed by atoms with Gasteiger partial charge in [0.1, 0.15) is 17.6 Å². The molecular formula is C20H19F2N3O3. The van der Waals surface area contributed by atoms with Gasteiger partial charge in [0, 0.05) is 11.8 Å². The van der Waals surface area contributed by atoms with Crippen molar-refractivity contribution in [3.05, 3.63) is 54.1 Å². The summed E-state index contributed by atoms with van der Waals surface area (Å²) in [6.45, 7) is 0.0268. The normalized spacial score (nSPS) is 18.4. The van der Waals surface area contributed by atoms with Crippen LogP contribution in [0.3, 0.4) is 0 Å². The fraction of sp³-hybridized carbons (Fsp3) is 0.300. The molecule has 1 amide bonds. The number of halogens is 2. The Labute approximate surface area is 159 Å². The molecule has 0 saturated heterocycles. The van der Waals surface area contributed by atoms with E-state index in [-0.39, 0.29) is 38.0 Å². The molecule has 1 aliphatic carbocycles. The zero-order chi connectivity index (χ0) is 19.7. The maximum absolute atomic E-state index is 14.3. The van der Waals surface area contributed by atoms with E-state index in [0.717, 1.165) is 5.56 Å². The number of fused-ring (bicyclic) bond motifs is 1. The minimum atomic E-state index is -1.07. The van der Waals surface area contributed by atoms with Gasteiger partial charge < -0.3 is 19.6 Å². The van der Waals surface area contributed by atoms with Crippen LogP contribution < -0.4 is 5.32 Å². The molecule has 3 aromatic rings. The van der Waals surface area contributed by atoms with Crippen molar-refractivity contribution in [3.8, 4) is 11.1 Å². The second-order valence-electron chi connectivity index (χ2n) is 6.70. The summed E-state index contributed by atoms with van der Waals surface area (Å²) in [5.74, 6) is -1.01. The molecular weight excluding hydrogens is 368 g/mol. The molecule has 2 N–H and O–H groups in total. The van der Waals surface area contributed by atoms with Crippen molar-refractivity contribution < 1.29 is 23.4 Å². The molecule has 0 aliphatic heterocycles. The van der Waals surface area contributed by atoms with Gasteiger partial charge in [-0.15, -0.1) is 0 Å². The van der Waals surface area contributed by atoms with E-state index in [1.807, 2.05) is 0 Å². The maximum atomic E-state index is 14.3. The number of aromatic nitrogens is 2. The number of rotatable bonds is 7. The Balaban J connectivity index is 1.61. The summed E-state index contributed by atoms with van der Waals surface area (Å²) in [6, 6.07) is 8.32. The predicted molar refractivity (Wildman–Crippen MR) is 99.0 cm³/mol. The van der Waals surface area contributed by atoms with Gasteiger partial charge in [0.05, 0.1) is 31.9 Å². The summed E-state index contributed by atoms with van der Waals surface area (Å²) >= 11 is 0. The third-order valence-electron chi connectivity index (χ3n) is 4.66. The Bertz CT molecular complexity index is 1020. The highest BCUT2D eigenvalue weighted by molar-refractivity contribution is 5.94. The van der Waals surface area contributed by atoms with E-state index < -0.39 is 12.1 Å². The lowest BCUT2D eigenvalue weighted by atomic mass is 10.0. The molecule has 2 atom stereocenters. The largest absolute Gasteiger partial charge is 0.394 e. The van der Waals surface area contributed by atoms with Crippen LogP contribution in [0.15, 0.2) is 42.7 Å². The first-order valence-corrected chi connectivity index (χ1v) is 8.97. The van der Waals surface area contributed by atoms with Crippen molar-refractivity contribution >= 4 is 17.4 Å². The molecule has 1 fully saturated rings. The molecule has 1 aromatic carbocycles. The number of anilines is 1. The number of carbonyl (C=O) groups excluding carboxylic acids is 1. The van der Waals surface area contributed by atoms with E-state index in [0.29, 0.717) is 22.6 Å². The van der Waals surface area contributed by atoms with Crippen molar-refractivity contribution in [2.45, 2.75) is 19.2 Å². The van der Waals surface area contributed by atoms with Crippen LogP contribution in [0.1, 0.15) is 12.0 Å². The summed E-state index contributed by atoms with van der Waals surface area (Å²) in [5, 5.41) is 11.5. The number of hydrogen-bond acceptors (Lipinski definition) is 4. The molecule has 0 spiro atoms. The van der Waals surface area contributed by atoms with Crippen LogP contribution in [-0.2, 0) is 16.1 Å². The van der Waals surface area contributed by atoms with Crippen molar-refractivity contribution in [3.63, 3.8) is 0 Å². The lowest BCUT2D eigenvalue weighted by molar-refractivity contribution is -0.117. The average Bonchev–Trinajstić information content (AvgIpc) is 3.28. The number of aliphatic hydroxyl groups is 1. The average molecular weight is 387 g/mol. The Morgan fingerprint density at radius 1 is 1.32 bits per heavy atom. The van der Waals surface area contributed by atoms with E-state index in [2.05, 4.69) is 10.3 Å². The number of pyridine rings is 1. The van der Waals surface area contributed by atoms with Gasteiger partial charge in [-0.2, -0.15) is 0 Å². The number of imidazole rings is 1. The molecule has 28 heavy (non-hydrogen) atoms. The molecule has 0 radical (unpaired) electrons. The maximum Gasteiger partial charge on any atom is 0.231 e. The van der Waals surface area contributed by atoms with Gasteiger partial charge in [-0.3, -0.25) is 4.79 Å². The summed E-state index contributed by atoms with van der Waals surface area (Å²) in [6.07, 6.45) is 2.60. The minimum Gasteiger partial charge on any atom is -0.394 e. The first kappa shape index (κ1) is 18.5. The Kier molecular flexibility index (Phi) is 5.06. The summed E-state index contributed by atoms with van der Waals surface area (Å²) < 4.78 is 34.3. The number of carbonyl (C=O) groups is 1. The number of benzene rings is 1. The van der Waals surface area contributed by atoms with Crippen molar-refractivity contribution in [2.24, 2.45) is 5.92 Å². The predicted octanol–water partition coefficient (Wildman–Crippen LogP) is 2.95. The van der Waals surface area contributed by atoms with Gasteiger partial charge in [0.2, 0.25) is 5.91 Å². The smallest absolute Gasteiger partial charge is 0.231 e. The zero-order valence-electron chi connectivity index (χ0n) is 14.9. The fourth-order valence-electron chi connectivity index (χ4n) is 3.08. The first-order chi connectivity index (χ1) is 13.6. The molecule has 0 bridgehead atoms. The third kappa shape index (κ3) is 3.74. The van der Waals surface area contributed by atoms with E-state index >= 15 is 0 Å². The molecule has 8 heteroatoms. The molecule has 2 aromatic heterocycles. The lowest BCUT2D eigenvalue weighted by Gasteiger charge is -2.11. The van der Waals surface area contributed by atoms with Gasteiger partial charge in [0.25, 0.3) is 0 Å². The third-order valence-corrected chi connectivity index (χ3v) is 4.66. The Morgan fingerprint density at radius 3 is 2.89 bits per heavy atom. The number of nitrogens with zero attached hydrogens (tertiary/aromatic N) is 2. The van der Waals surface area contributed by atoms with Crippen molar-refractivity contribution in [1.29, 1.82) is 0 Å². The highest BCUT2D eigenvalue weighted by Crippen LogP contribution is 2.34. The van der Waals surface area contributed by atoms with Crippen LogP contribution in [0.5, 0.6) is 0 Å². The second-order valence-corrected chi connectivity index (χ2v) is 6.70. The van der Waals surface area contributed by atoms with Gasteiger partial charge in [-0.25, -0.2) is 13.8 Å². The van der Waals surface area contributed by atoms with Gasteiger partial charge in [0.15, 0.2) is 5.82 Å². The highest BCUT2D eigenvalue weighted by Gasteiger charge is 2.43. The zero-order valence-corrected chi connectivity index (χ0v) is 14.9. The molecule has 0 unspecified atom stereocenters. The fourth-order valence-corrected chi connectivity index (χ4v) is 3.08. The standard InChI is InChI=1S/C20H19F2N3O3/c21-16-3-1-2-13(15(16)11-28-7-6-26)12-4-5-19-23-18(10-25(19)9-12)24-20(27)14-8-17(14)22/h1-5,9-10,14,17,26H,6-8,11H2,(H,24,27)/t14-,17+/m1/s1. The molecule has 1 aliphatic rings. The van der Waals surface area contributed by atoms with Crippen LogP contribution in [-0.4, -0.2) is 39.8 Å². The van der Waals surface area contributed by atoms with Crippen LogP contribution >= 0.6 is 0 Å². The van der Waals surface area contributed by atoms with E-state index in [1.165, 1.54) is 6.07 Å². The van der Waals surface area contributed by atoms with Crippen LogP contribution in [0.2, 0.25) is 0 Å². The number of hydrogen-bond donors (Lipinski definition) is 2. The minimum absolute atomic E-state index is 0.0393. The van der Waals surface area contributed by atoms with E-state index in [9.17, 15) is 13.6 Å². The van der Waals surface area contributed by atoms with Gasteiger partial charge in [-0.1, -0.05) is 12.1 Å².